The standard InChI is InChI=1S/C13H18ClN3S/c1-3-6-15-7-11-4-5-12(18-11)9-17-10(2)13(14)8-16-17/h4-5,8,15H,3,6-7,9H2,1-2H3. The molecular weight excluding hydrogens is 266 g/mol. The van der Waals surface area contributed by atoms with Crippen LogP contribution >= 0.6 is 22.9 Å². The summed E-state index contributed by atoms with van der Waals surface area (Å²) < 4.78 is 1.94. The van der Waals surface area contributed by atoms with Gasteiger partial charge in [-0.15, -0.1) is 11.3 Å². The van der Waals surface area contributed by atoms with Crippen molar-refractivity contribution in [2.45, 2.75) is 33.4 Å². The van der Waals surface area contributed by atoms with Crippen LogP contribution in [0.25, 0.3) is 0 Å². The molecule has 98 valence electrons. The third kappa shape index (κ3) is 3.34. The second-order valence-corrected chi connectivity index (χ2v) is 5.94. The lowest BCUT2D eigenvalue weighted by atomic mass is 10.4. The van der Waals surface area contributed by atoms with E-state index in [1.165, 1.54) is 16.2 Å². The number of rotatable bonds is 6. The van der Waals surface area contributed by atoms with Crippen LogP contribution in [0.1, 0.15) is 28.8 Å². The molecule has 0 unspecified atom stereocenters. The molecule has 0 fully saturated rings. The Bertz CT molecular complexity index is 504. The molecule has 2 heterocycles. The van der Waals surface area contributed by atoms with Crippen molar-refractivity contribution in [3.63, 3.8) is 0 Å². The highest BCUT2D eigenvalue weighted by molar-refractivity contribution is 7.11. The van der Waals surface area contributed by atoms with Crippen LogP contribution in [0.3, 0.4) is 0 Å². The van der Waals surface area contributed by atoms with Crippen molar-refractivity contribution in [3.8, 4) is 0 Å². The van der Waals surface area contributed by atoms with Gasteiger partial charge in [0.2, 0.25) is 0 Å². The number of thiophene rings is 1. The van der Waals surface area contributed by atoms with Gasteiger partial charge >= 0.3 is 0 Å². The van der Waals surface area contributed by atoms with E-state index in [4.69, 9.17) is 11.6 Å². The van der Waals surface area contributed by atoms with E-state index in [1.807, 2.05) is 22.9 Å². The Kier molecular flexibility index (Phi) is 4.80. The maximum absolute atomic E-state index is 6.00. The van der Waals surface area contributed by atoms with E-state index < -0.39 is 0 Å². The second-order valence-electron chi connectivity index (χ2n) is 4.28. The Morgan fingerprint density at radius 2 is 2.17 bits per heavy atom. The molecule has 18 heavy (non-hydrogen) atoms. The van der Waals surface area contributed by atoms with Gasteiger partial charge in [0, 0.05) is 16.3 Å². The molecule has 0 aromatic carbocycles. The van der Waals surface area contributed by atoms with Gasteiger partial charge in [0.25, 0.3) is 0 Å². The summed E-state index contributed by atoms with van der Waals surface area (Å²) in [5.41, 5.74) is 1.02. The highest BCUT2D eigenvalue weighted by Crippen LogP contribution is 2.20. The van der Waals surface area contributed by atoms with Gasteiger partial charge in [-0.3, -0.25) is 4.68 Å². The maximum Gasteiger partial charge on any atom is 0.0815 e. The Hall–Kier alpha value is -0.840. The number of hydrogen-bond donors (Lipinski definition) is 1. The zero-order valence-electron chi connectivity index (χ0n) is 10.7. The molecule has 3 nitrogen and oxygen atoms in total. The molecule has 0 aliphatic heterocycles. The summed E-state index contributed by atoms with van der Waals surface area (Å²) in [5.74, 6) is 0. The third-order valence-electron chi connectivity index (χ3n) is 2.79. The van der Waals surface area contributed by atoms with Crippen molar-refractivity contribution in [3.05, 3.63) is 38.8 Å². The van der Waals surface area contributed by atoms with Gasteiger partial charge in [0.15, 0.2) is 0 Å². The lowest BCUT2D eigenvalue weighted by Crippen LogP contribution is -2.12. The quantitative estimate of drug-likeness (QED) is 0.823. The van der Waals surface area contributed by atoms with Crippen LogP contribution in [-0.4, -0.2) is 16.3 Å². The molecular formula is C13H18ClN3S. The maximum atomic E-state index is 6.00. The summed E-state index contributed by atoms with van der Waals surface area (Å²) in [6.07, 6.45) is 2.87. The van der Waals surface area contributed by atoms with Gasteiger partial charge in [-0.1, -0.05) is 18.5 Å². The molecule has 0 aliphatic rings. The number of halogens is 1. The normalized spacial score (nSPS) is 11.1. The Labute approximate surface area is 117 Å². The van der Waals surface area contributed by atoms with Crippen LogP contribution in [0, 0.1) is 6.92 Å². The number of nitrogens with one attached hydrogen (secondary N) is 1. The summed E-state index contributed by atoms with van der Waals surface area (Å²) in [5, 5.41) is 8.41. The monoisotopic (exact) mass is 283 g/mol. The fourth-order valence-electron chi connectivity index (χ4n) is 1.72. The number of nitrogens with zero attached hydrogens (tertiary/aromatic N) is 2. The van der Waals surface area contributed by atoms with Crippen molar-refractivity contribution >= 4 is 22.9 Å². The van der Waals surface area contributed by atoms with Crippen molar-refractivity contribution in [1.82, 2.24) is 15.1 Å². The molecule has 2 aromatic heterocycles. The van der Waals surface area contributed by atoms with E-state index >= 15 is 0 Å². The zero-order valence-corrected chi connectivity index (χ0v) is 12.3. The first-order valence-electron chi connectivity index (χ1n) is 6.17. The molecule has 0 amide bonds. The van der Waals surface area contributed by atoms with E-state index in [0.29, 0.717) is 0 Å². The van der Waals surface area contributed by atoms with E-state index in [-0.39, 0.29) is 0 Å². The molecule has 5 heteroatoms. The van der Waals surface area contributed by atoms with Gasteiger partial charge in [-0.05, 0) is 32.0 Å². The average Bonchev–Trinajstić information content (AvgIpc) is 2.92. The first kappa shape index (κ1) is 13.6. The predicted molar refractivity (Wildman–Crippen MR) is 77.4 cm³/mol. The second kappa shape index (κ2) is 6.36. The number of hydrogen-bond acceptors (Lipinski definition) is 3. The fourth-order valence-corrected chi connectivity index (χ4v) is 2.83. The van der Waals surface area contributed by atoms with Crippen LogP contribution < -0.4 is 5.32 Å². The molecule has 0 spiro atoms. The van der Waals surface area contributed by atoms with Crippen LogP contribution in [-0.2, 0) is 13.1 Å². The summed E-state index contributed by atoms with van der Waals surface area (Å²) in [6.45, 7) is 7.00. The number of aromatic nitrogens is 2. The minimum absolute atomic E-state index is 0.733. The fraction of sp³-hybridized carbons (Fsp3) is 0.462. The van der Waals surface area contributed by atoms with Crippen molar-refractivity contribution in [2.75, 3.05) is 6.54 Å². The Balaban J connectivity index is 1.96. The Morgan fingerprint density at radius 3 is 2.83 bits per heavy atom. The zero-order chi connectivity index (χ0) is 13.0. The van der Waals surface area contributed by atoms with Crippen molar-refractivity contribution in [2.24, 2.45) is 0 Å². The first-order valence-corrected chi connectivity index (χ1v) is 7.36. The molecule has 2 aromatic rings. The van der Waals surface area contributed by atoms with Gasteiger partial charge in [0.1, 0.15) is 0 Å². The summed E-state index contributed by atoms with van der Waals surface area (Å²) in [4.78, 5) is 2.68. The van der Waals surface area contributed by atoms with Gasteiger partial charge < -0.3 is 5.32 Å². The van der Waals surface area contributed by atoms with Gasteiger partial charge in [-0.25, -0.2) is 0 Å². The van der Waals surface area contributed by atoms with Crippen molar-refractivity contribution in [1.29, 1.82) is 0 Å². The van der Waals surface area contributed by atoms with Gasteiger partial charge in [0.05, 0.1) is 23.5 Å². The highest BCUT2D eigenvalue weighted by atomic mass is 35.5. The lowest BCUT2D eigenvalue weighted by Gasteiger charge is -2.02. The largest absolute Gasteiger partial charge is 0.312 e. The molecule has 2 rings (SSSR count). The average molecular weight is 284 g/mol. The Morgan fingerprint density at radius 1 is 1.39 bits per heavy atom. The molecule has 0 bridgehead atoms. The molecule has 0 saturated carbocycles. The van der Waals surface area contributed by atoms with Crippen LogP contribution in [0.4, 0.5) is 0 Å². The van der Waals surface area contributed by atoms with E-state index in [0.717, 1.165) is 30.4 Å². The summed E-state index contributed by atoms with van der Waals surface area (Å²) in [6, 6.07) is 4.35. The molecule has 0 radical (unpaired) electrons. The molecule has 1 N–H and O–H groups in total. The van der Waals surface area contributed by atoms with Crippen LogP contribution in [0.2, 0.25) is 5.02 Å². The van der Waals surface area contributed by atoms with E-state index in [2.05, 4.69) is 29.5 Å². The minimum atomic E-state index is 0.733. The minimum Gasteiger partial charge on any atom is -0.312 e. The molecule has 0 atom stereocenters. The molecule has 0 saturated heterocycles. The summed E-state index contributed by atoms with van der Waals surface area (Å²) >= 11 is 7.83. The SMILES string of the molecule is CCCNCc1ccc(Cn2ncc(Cl)c2C)s1. The topological polar surface area (TPSA) is 29.9 Å². The van der Waals surface area contributed by atoms with Crippen LogP contribution in [0.5, 0.6) is 0 Å². The van der Waals surface area contributed by atoms with E-state index in [9.17, 15) is 0 Å². The van der Waals surface area contributed by atoms with Gasteiger partial charge in [-0.2, -0.15) is 5.10 Å². The summed E-state index contributed by atoms with van der Waals surface area (Å²) in [7, 11) is 0. The van der Waals surface area contributed by atoms with Crippen molar-refractivity contribution < 1.29 is 0 Å². The highest BCUT2D eigenvalue weighted by Gasteiger charge is 2.06. The first-order chi connectivity index (χ1) is 8.70. The third-order valence-corrected chi connectivity index (χ3v) is 4.23. The smallest absolute Gasteiger partial charge is 0.0815 e. The lowest BCUT2D eigenvalue weighted by molar-refractivity contribution is 0.672. The molecule has 0 aliphatic carbocycles. The van der Waals surface area contributed by atoms with E-state index in [1.54, 1.807) is 6.20 Å². The van der Waals surface area contributed by atoms with Crippen LogP contribution in [0.15, 0.2) is 18.3 Å². The predicted octanol–water partition coefficient (Wildman–Crippen LogP) is 3.45.